The SMILES string of the molecule is CNc1ccnc(C(=O)NC(C)c2cccs2)c1. The van der Waals surface area contributed by atoms with Gasteiger partial charge in [0.25, 0.3) is 5.91 Å². The van der Waals surface area contributed by atoms with Gasteiger partial charge in [-0.1, -0.05) is 6.07 Å². The van der Waals surface area contributed by atoms with Gasteiger partial charge in [0, 0.05) is 23.8 Å². The number of carbonyl (C=O) groups is 1. The van der Waals surface area contributed by atoms with E-state index in [4.69, 9.17) is 0 Å². The molecule has 0 aliphatic heterocycles. The van der Waals surface area contributed by atoms with Gasteiger partial charge in [0.2, 0.25) is 0 Å². The third-order valence-electron chi connectivity index (χ3n) is 2.60. The molecule has 0 radical (unpaired) electrons. The van der Waals surface area contributed by atoms with E-state index in [9.17, 15) is 4.79 Å². The standard InChI is InChI=1S/C13H15N3OS/c1-9(12-4-3-7-18-12)16-13(17)11-8-10(14-2)5-6-15-11/h3-9H,1-2H3,(H,14,15)(H,16,17). The van der Waals surface area contributed by atoms with Gasteiger partial charge in [-0.15, -0.1) is 11.3 Å². The Hall–Kier alpha value is -1.88. The molecule has 18 heavy (non-hydrogen) atoms. The van der Waals surface area contributed by atoms with E-state index in [2.05, 4.69) is 15.6 Å². The van der Waals surface area contributed by atoms with E-state index in [1.54, 1.807) is 23.6 Å². The lowest BCUT2D eigenvalue weighted by Crippen LogP contribution is -2.26. The molecule has 2 aromatic heterocycles. The van der Waals surface area contributed by atoms with Crippen molar-refractivity contribution in [2.45, 2.75) is 13.0 Å². The Morgan fingerprint density at radius 1 is 1.44 bits per heavy atom. The fraction of sp³-hybridized carbons (Fsp3) is 0.231. The summed E-state index contributed by atoms with van der Waals surface area (Å²) >= 11 is 1.63. The average Bonchev–Trinajstić information content (AvgIpc) is 2.92. The number of thiophene rings is 1. The topological polar surface area (TPSA) is 54.0 Å². The monoisotopic (exact) mass is 261 g/mol. The van der Waals surface area contributed by atoms with Crippen LogP contribution in [0.3, 0.4) is 0 Å². The number of nitrogens with one attached hydrogen (secondary N) is 2. The molecule has 2 rings (SSSR count). The normalized spacial score (nSPS) is 11.9. The van der Waals surface area contributed by atoms with Crippen molar-refractivity contribution in [2.75, 3.05) is 12.4 Å². The van der Waals surface area contributed by atoms with Gasteiger partial charge in [-0.25, -0.2) is 0 Å². The number of carbonyl (C=O) groups excluding carboxylic acids is 1. The highest BCUT2D eigenvalue weighted by Gasteiger charge is 2.13. The predicted molar refractivity (Wildman–Crippen MR) is 74.0 cm³/mol. The average molecular weight is 261 g/mol. The fourth-order valence-corrected chi connectivity index (χ4v) is 2.32. The van der Waals surface area contributed by atoms with Crippen LogP contribution in [-0.4, -0.2) is 17.9 Å². The van der Waals surface area contributed by atoms with Crippen LogP contribution >= 0.6 is 11.3 Å². The van der Waals surface area contributed by atoms with E-state index in [-0.39, 0.29) is 11.9 Å². The Bertz CT molecular complexity index is 525. The van der Waals surface area contributed by atoms with Gasteiger partial charge in [0.05, 0.1) is 6.04 Å². The highest BCUT2D eigenvalue weighted by atomic mass is 32.1. The van der Waals surface area contributed by atoms with Crippen molar-refractivity contribution in [3.05, 3.63) is 46.4 Å². The number of amides is 1. The van der Waals surface area contributed by atoms with Crippen molar-refractivity contribution in [3.63, 3.8) is 0 Å². The molecule has 1 unspecified atom stereocenters. The molecule has 0 aromatic carbocycles. The molecule has 1 atom stereocenters. The smallest absolute Gasteiger partial charge is 0.270 e. The molecule has 2 aromatic rings. The zero-order valence-corrected chi connectivity index (χ0v) is 11.1. The van der Waals surface area contributed by atoms with Crippen molar-refractivity contribution in [2.24, 2.45) is 0 Å². The number of rotatable bonds is 4. The molecule has 0 aliphatic rings. The highest BCUT2D eigenvalue weighted by Crippen LogP contribution is 2.18. The molecule has 0 spiro atoms. The number of nitrogens with zero attached hydrogens (tertiary/aromatic N) is 1. The van der Waals surface area contributed by atoms with Crippen molar-refractivity contribution in [3.8, 4) is 0 Å². The van der Waals surface area contributed by atoms with Crippen LogP contribution < -0.4 is 10.6 Å². The second kappa shape index (κ2) is 5.64. The molecular weight excluding hydrogens is 246 g/mol. The van der Waals surface area contributed by atoms with E-state index in [1.807, 2.05) is 37.6 Å². The lowest BCUT2D eigenvalue weighted by Gasteiger charge is -2.12. The van der Waals surface area contributed by atoms with Gasteiger partial charge in [-0.2, -0.15) is 0 Å². The molecule has 0 saturated heterocycles. The maximum absolute atomic E-state index is 12.0. The zero-order chi connectivity index (χ0) is 13.0. The Morgan fingerprint density at radius 3 is 2.94 bits per heavy atom. The van der Waals surface area contributed by atoms with E-state index in [1.165, 1.54) is 0 Å². The molecule has 1 amide bonds. The van der Waals surface area contributed by atoms with Crippen LogP contribution in [0.15, 0.2) is 35.8 Å². The largest absolute Gasteiger partial charge is 0.388 e. The quantitative estimate of drug-likeness (QED) is 0.889. The van der Waals surface area contributed by atoms with Crippen molar-refractivity contribution < 1.29 is 4.79 Å². The fourth-order valence-electron chi connectivity index (χ4n) is 1.59. The number of anilines is 1. The summed E-state index contributed by atoms with van der Waals surface area (Å²) in [6, 6.07) is 7.53. The molecule has 0 saturated carbocycles. The first-order valence-electron chi connectivity index (χ1n) is 5.69. The van der Waals surface area contributed by atoms with Crippen LogP contribution in [0.5, 0.6) is 0 Å². The van der Waals surface area contributed by atoms with Crippen LogP contribution in [0.1, 0.15) is 28.3 Å². The summed E-state index contributed by atoms with van der Waals surface area (Å²) in [5, 5.41) is 7.91. The number of hydrogen-bond donors (Lipinski definition) is 2. The third kappa shape index (κ3) is 2.87. The Kier molecular flexibility index (Phi) is 3.94. The zero-order valence-electron chi connectivity index (χ0n) is 10.3. The summed E-state index contributed by atoms with van der Waals surface area (Å²) in [6.45, 7) is 1.96. The number of pyridine rings is 1. The van der Waals surface area contributed by atoms with Crippen molar-refractivity contribution in [1.29, 1.82) is 0 Å². The Labute approximate surface area is 110 Å². The molecule has 2 N–H and O–H groups in total. The lowest BCUT2D eigenvalue weighted by atomic mass is 10.2. The van der Waals surface area contributed by atoms with Crippen LogP contribution in [-0.2, 0) is 0 Å². The third-order valence-corrected chi connectivity index (χ3v) is 3.65. The predicted octanol–water partition coefficient (Wildman–Crippen LogP) is 2.68. The molecule has 4 nitrogen and oxygen atoms in total. The molecule has 0 aliphatic carbocycles. The van der Waals surface area contributed by atoms with Gasteiger partial charge in [-0.3, -0.25) is 9.78 Å². The minimum absolute atomic E-state index is 0.00228. The summed E-state index contributed by atoms with van der Waals surface area (Å²) in [7, 11) is 1.81. The Balaban J connectivity index is 2.07. The number of hydrogen-bond acceptors (Lipinski definition) is 4. The summed E-state index contributed by atoms with van der Waals surface area (Å²) in [4.78, 5) is 17.2. The molecule has 0 fully saturated rings. The maximum Gasteiger partial charge on any atom is 0.270 e. The lowest BCUT2D eigenvalue weighted by molar-refractivity contribution is 0.0935. The first kappa shape index (κ1) is 12.6. The van der Waals surface area contributed by atoms with E-state index in [0.717, 1.165) is 10.6 Å². The number of aromatic nitrogens is 1. The molecular formula is C13H15N3OS. The minimum Gasteiger partial charge on any atom is -0.388 e. The summed E-state index contributed by atoms with van der Waals surface area (Å²) in [5.41, 5.74) is 1.30. The molecule has 0 bridgehead atoms. The van der Waals surface area contributed by atoms with Gasteiger partial charge in [0.15, 0.2) is 0 Å². The minimum atomic E-state index is -0.159. The van der Waals surface area contributed by atoms with Gasteiger partial charge < -0.3 is 10.6 Å². The first-order chi connectivity index (χ1) is 8.70. The first-order valence-corrected chi connectivity index (χ1v) is 6.56. The van der Waals surface area contributed by atoms with Crippen LogP contribution in [0, 0.1) is 0 Å². The van der Waals surface area contributed by atoms with Crippen LogP contribution in [0.4, 0.5) is 5.69 Å². The van der Waals surface area contributed by atoms with E-state index >= 15 is 0 Å². The van der Waals surface area contributed by atoms with E-state index in [0.29, 0.717) is 5.69 Å². The second-order valence-corrected chi connectivity index (χ2v) is 4.87. The summed E-state index contributed by atoms with van der Waals surface area (Å²) < 4.78 is 0. The summed E-state index contributed by atoms with van der Waals surface area (Å²) in [6.07, 6.45) is 1.62. The van der Waals surface area contributed by atoms with Crippen LogP contribution in [0.25, 0.3) is 0 Å². The van der Waals surface area contributed by atoms with Gasteiger partial charge >= 0.3 is 0 Å². The Morgan fingerprint density at radius 2 is 2.28 bits per heavy atom. The maximum atomic E-state index is 12.0. The second-order valence-electron chi connectivity index (χ2n) is 3.89. The molecule has 94 valence electrons. The van der Waals surface area contributed by atoms with Gasteiger partial charge in [0.1, 0.15) is 5.69 Å². The highest BCUT2D eigenvalue weighted by molar-refractivity contribution is 7.10. The van der Waals surface area contributed by atoms with Crippen LogP contribution in [0.2, 0.25) is 0 Å². The molecule has 2 heterocycles. The van der Waals surface area contributed by atoms with Crippen molar-refractivity contribution >= 4 is 22.9 Å². The summed E-state index contributed by atoms with van der Waals surface area (Å²) in [5.74, 6) is -0.159. The van der Waals surface area contributed by atoms with Crippen molar-refractivity contribution in [1.82, 2.24) is 10.3 Å². The van der Waals surface area contributed by atoms with E-state index < -0.39 is 0 Å². The molecule has 5 heteroatoms. The van der Waals surface area contributed by atoms with Gasteiger partial charge in [-0.05, 0) is 30.5 Å².